The number of allylic oxidation sites excluding steroid dienone is 1. The fourth-order valence-electron chi connectivity index (χ4n) is 3.03. The Morgan fingerprint density at radius 3 is 2.62 bits per heavy atom. The Kier molecular flexibility index (Phi) is 5.23. The highest BCUT2D eigenvalue weighted by Crippen LogP contribution is 2.32. The molecule has 136 valence electrons. The Bertz CT molecular complexity index is 875. The minimum atomic E-state index is -0.557. The number of esters is 1. The molecule has 0 aliphatic carbocycles. The van der Waals surface area contributed by atoms with Crippen LogP contribution in [0.4, 0.5) is 4.79 Å². The largest absolute Gasteiger partial charge is 0.460 e. The van der Waals surface area contributed by atoms with Crippen LogP contribution in [-0.2, 0) is 14.3 Å². The SMILES string of the molecule is COCCOC(=O)C1=C(C)N(C)C(=O)N[C@@H]1c1ccc2ccccc2c1. The Morgan fingerprint density at radius 1 is 1.15 bits per heavy atom. The lowest BCUT2D eigenvalue weighted by atomic mass is 9.93. The second-order valence-corrected chi connectivity index (χ2v) is 6.18. The van der Waals surface area contributed by atoms with Crippen molar-refractivity contribution in [1.82, 2.24) is 10.2 Å². The van der Waals surface area contributed by atoms with E-state index in [9.17, 15) is 9.59 Å². The number of urea groups is 1. The maximum Gasteiger partial charge on any atom is 0.338 e. The number of carbonyl (C=O) groups is 2. The fourth-order valence-corrected chi connectivity index (χ4v) is 3.03. The molecule has 1 aliphatic heterocycles. The number of ether oxygens (including phenoxy) is 2. The maximum absolute atomic E-state index is 12.7. The number of benzene rings is 2. The van der Waals surface area contributed by atoms with Crippen LogP contribution in [-0.4, -0.2) is 44.3 Å². The number of rotatable bonds is 5. The second-order valence-electron chi connectivity index (χ2n) is 6.18. The summed E-state index contributed by atoms with van der Waals surface area (Å²) < 4.78 is 10.2. The van der Waals surface area contributed by atoms with Gasteiger partial charge in [-0.3, -0.25) is 0 Å². The lowest BCUT2D eigenvalue weighted by molar-refractivity contribution is -0.140. The molecule has 0 aromatic heterocycles. The standard InChI is InChI=1S/C20H22N2O4/c1-13-17(19(23)26-11-10-25-3)18(21-20(24)22(13)2)16-9-8-14-6-4-5-7-15(14)12-16/h4-9,12,18H,10-11H2,1-3H3,(H,21,24)/t18-/m1/s1. The van der Waals surface area contributed by atoms with Gasteiger partial charge in [-0.05, 0) is 29.3 Å². The first-order valence-corrected chi connectivity index (χ1v) is 8.42. The fraction of sp³-hybridized carbons (Fsp3) is 0.300. The smallest absolute Gasteiger partial charge is 0.338 e. The summed E-state index contributed by atoms with van der Waals surface area (Å²) in [7, 11) is 3.18. The third kappa shape index (κ3) is 3.41. The van der Waals surface area contributed by atoms with Gasteiger partial charge in [0, 0.05) is 19.9 Å². The Hall–Kier alpha value is -2.86. The Labute approximate surface area is 152 Å². The summed E-state index contributed by atoms with van der Waals surface area (Å²) in [5, 5.41) is 5.04. The molecule has 26 heavy (non-hydrogen) atoms. The van der Waals surface area contributed by atoms with Crippen molar-refractivity contribution in [1.29, 1.82) is 0 Å². The van der Waals surface area contributed by atoms with Gasteiger partial charge < -0.3 is 19.7 Å². The first kappa shape index (κ1) is 17.9. The van der Waals surface area contributed by atoms with Gasteiger partial charge in [-0.2, -0.15) is 0 Å². The summed E-state index contributed by atoms with van der Waals surface area (Å²) in [4.78, 5) is 26.4. The molecule has 2 aromatic rings. The molecule has 6 nitrogen and oxygen atoms in total. The molecule has 1 atom stereocenters. The zero-order chi connectivity index (χ0) is 18.7. The van der Waals surface area contributed by atoms with Crippen LogP contribution in [0, 0.1) is 0 Å². The first-order valence-electron chi connectivity index (χ1n) is 8.42. The second kappa shape index (κ2) is 7.58. The Balaban J connectivity index is 2.00. The van der Waals surface area contributed by atoms with Gasteiger partial charge in [-0.15, -0.1) is 0 Å². The highest BCUT2D eigenvalue weighted by atomic mass is 16.6. The molecule has 1 N–H and O–H groups in total. The van der Waals surface area contributed by atoms with E-state index in [1.165, 1.54) is 4.90 Å². The van der Waals surface area contributed by atoms with Gasteiger partial charge in [-0.25, -0.2) is 9.59 Å². The Morgan fingerprint density at radius 2 is 1.88 bits per heavy atom. The average molecular weight is 354 g/mol. The number of methoxy groups -OCH3 is 1. The van der Waals surface area contributed by atoms with Crippen molar-refractivity contribution < 1.29 is 19.1 Å². The minimum absolute atomic E-state index is 0.161. The number of hydrogen-bond donors (Lipinski definition) is 1. The van der Waals surface area contributed by atoms with E-state index in [2.05, 4.69) is 5.32 Å². The van der Waals surface area contributed by atoms with Crippen LogP contribution in [0.15, 0.2) is 53.7 Å². The van der Waals surface area contributed by atoms with E-state index in [4.69, 9.17) is 9.47 Å². The molecule has 2 aromatic carbocycles. The number of hydrogen-bond acceptors (Lipinski definition) is 4. The molecule has 0 saturated carbocycles. The van der Waals surface area contributed by atoms with Crippen LogP contribution in [0.1, 0.15) is 18.5 Å². The molecule has 6 heteroatoms. The normalized spacial score (nSPS) is 17.4. The zero-order valence-corrected chi connectivity index (χ0v) is 15.1. The third-order valence-corrected chi connectivity index (χ3v) is 4.60. The van der Waals surface area contributed by atoms with E-state index in [1.807, 2.05) is 42.5 Å². The summed E-state index contributed by atoms with van der Waals surface area (Å²) in [5.74, 6) is -0.454. The van der Waals surface area contributed by atoms with E-state index in [0.29, 0.717) is 17.9 Å². The number of nitrogens with zero attached hydrogens (tertiary/aromatic N) is 1. The van der Waals surface area contributed by atoms with Gasteiger partial charge in [0.1, 0.15) is 6.61 Å². The van der Waals surface area contributed by atoms with Crippen molar-refractivity contribution in [3.63, 3.8) is 0 Å². The molecule has 3 rings (SSSR count). The number of nitrogens with one attached hydrogen (secondary N) is 1. The molecule has 1 heterocycles. The van der Waals surface area contributed by atoms with Gasteiger partial charge in [0.2, 0.25) is 0 Å². The molecule has 0 radical (unpaired) electrons. The average Bonchev–Trinajstić information content (AvgIpc) is 2.65. The van der Waals surface area contributed by atoms with Crippen LogP contribution in [0.3, 0.4) is 0 Å². The van der Waals surface area contributed by atoms with Crippen LogP contribution >= 0.6 is 0 Å². The number of fused-ring (bicyclic) bond motifs is 1. The van der Waals surface area contributed by atoms with Gasteiger partial charge in [0.25, 0.3) is 0 Å². The van der Waals surface area contributed by atoms with Crippen molar-refractivity contribution in [3.8, 4) is 0 Å². The predicted octanol–water partition coefficient (Wildman–Crippen LogP) is 3.00. The van der Waals surface area contributed by atoms with E-state index in [-0.39, 0.29) is 12.6 Å². The molecule has 0 fully saturated rings. The molecule has 0 unspecified atom stereocenters. The van der Waals surface area contributed by atoms with Crippen molar-refractivity contribution in [2.75, 3.05) is 27.4 Å². The number of amides is 2. The topological polar surface area (TPSA) is 67.9 Å². The molecule has 1 aliphatic rings. The van der Waals surface area contributed by atoms with Crippen molar-refractivity contribution in [2.24, 2.45) is 0 Å². The van der Waals surface area contributed by atoms with Crippen LogP contribution in [0.2, 0.25) is 0 Å². The summed E-state index contributed by atoms with van der Waals surface area (Å²) in [6, 6.07) is 13.0. The zero-order valence-electron chi connectivity index (χ0n) is 15.1. The molecule has 2 amide bonds. The third-order valence-electron chi connectivity index (χ3n) is 4.60. The molecule has 0 saturated heterocycles. The lowest BCUT2D eigenvalue weighted by Crippen LogP contribution is -2.46. The van der Waals surface area contributed by atoms with Crippen molar-refractivity contribution in [2.45, 2.75) is 13.0 Å². The molecular formula is C20H22N2O4. The van der Waals surface area contributed by atoms with Gasteiger partial charge in [-0.1, -0.05) is 36.4 Å². The maximum atomic E-state index is 12.7. The van der Waals surface area contributed by atoms with Gasteiger partial charge >= 0.3 is 12.0 Å². The molecule has 0 spiro atoms. The molecular weight excluding hydrogens is 332 g/mol. The first-order chi connectivity index (χ1) is 12.5. The van der Waals surface area contributed by atoms with E-state index in [1.54, 1.807) is 21.1 Å². The lowest BCUT2D eigenvalue weighted by Gasteiger charge is -2.33. The van der Waals surface area contributed by atoms with Crippen LogP contribution in [0.25, 0.3) is 10.8 Å². The minimum Gasteiger partial charge on any atom is -0.460 e. The van der Waals surface area contributed by atoms with E-state index < -0.39 is 12.0 Å². The number of carbonyl (C=O) groups excluding carboxylic acids is 2. The van der Waals surface area contributed by atoms with Crippen molar-refractivity contribution in [3.05, 3.63) is 59.3 Å². The van der Waals surface area contributed by atoms with E-state index in [0.717, 1.165) is 16.3 Å². The summed E-state index contributed by atoms with van der Waals surface area (Å²) in [5.41, 5.74) is 1.84. The highest BCUT2D eigenvalue weighted by molar-refractivity contribution is 5.95. The summed E-state index contributed by atoms with van der Waals surface area (Å²) in [6.07, 6.45) is 0. The summed E-state index contributed by atoms with van der Waals surface area (Å²) in [6.45, 7) is 2.23. The monoisotopic (exact) mass is 354 g/mol. The summed E-state index contributed by atoms with van der Waals surface area (Å²) >= 11 is 0. The highest BCUT2D eigenvalue weighted by Gasteiger charge is 2.35. The van der Waals surface area contributed by atoms with E-state index >= 15 is 0 Å². The quantitative estimate of drug-likeness (QED) is 0.662. The van der Waals surface area contributed by atoms with Gasteiger partial charge in [0.05, 0.1) is 18.2 Å². The predicted molar refractivity (Wildman–Crippen MR) is 98.5 cm³/mol. The molecule has 0 bridgehead atoms. The van der Waals surface area contributed by atoms with Gasteiger partial charge in [0.15, 0.2) is 0 Å². The van der Waals surface area contributed by atoms with Crippen LogP contribution < -0.4 is 5.32 Å². The van der Waals surface area contributed by atoms with Crippen LogP contribution in [0.5, 0.6) is 0 Å². The van der Waals surface area contributed by atoms with Crippen molar-refractivity contribution >= 4 is 22.8 Å².